The number of Topliss-reactive ketones (excluding diaryl/α,β-unsaturated/α-hetero) is 1. The van der Waals surface area contributed by atoms with E-state index in [1.165, 1.54) is 12.0 Å². The van der Waals surface area contributed by atoms with Gasteiger partial charge in [0.1, 0.15) is 17.3 Å². The molecule has 3 aromatic rings. The van der Waals surface area contributed by atoms with Gasteiger partial charge in [0.25, 0.3) is 11.7 Å². The number of amides is 1. The van der Waals surface area contributed by atoms with Crippen LogP contribution in [0.5, 0.6) is 11.5 Å². The van der Waals surface area contributed by atoms with Crippen molar-refractivity contribution in [2.45, 2.75) is 19.5 Å². The fourth-order valence-electron chi connectivity index (χ4n) is 3.99. The van der Waals surface area contributed by atoms with Crippen molar-refractivity contribution < 1.29 is 24.2 Å². The van der Waals surface area contributed by atoms with Crippen molar-refractivity contribution in [3.05, 3.63) is 94.8 Å². The topological polar surface area (TPSA) is 89.0 Å². The number of aliphatic hydroxyl groups excluding tert-OH is 1. The van der Waals surface area contributed by atoms with Gasteiger partial charge in [-0.2, -0.15) is 0 Å². The molecule has 0 radical (unpaired) electrons. The fourth-order valence-corrected chi connectivity index (χ4v) is 3.99. The number of ketones is 1. The van der Waals surface area contributed by atoms with Gasteiger partial charge in [-0.3, -0.25) is 14.6 Å². The molecule has 33 heavy (non-hydrogen) atoms. The number of aliphatic hydroxyl groups is 1. The van der Waals surface area contributed by atoms with Crippen LogP contribution in [0.25, 0.3) is 5.76 Å². The summed E-state index contributed by atoms with van der Waals surface area (Å²) >= 11 is 0. The Morgan fingerprint density at radius 1 is 1.03 bits per heavy atom. The molecule has 1 saturated heterocycles. The summed E-state index contributed by atoms with van der Waals surface area (Å²) in [7, 11) is 3.05. The predicted octanol–water partition coefficient (Wildman–Crippen LogP) is 4.03. The highest BCUT2D eigenvalue weighted by Crippen LogP contribution is 2.42. The monoisotopic (exact) mass is 444 g/mol. The predicted molar refractivity (Wildman–Crippen MR) is 123 cm³/mol. The van der Waals surface area contributed by atoms with Gasteiger partial charge >= 0.3 is 0 Å². The summed E-state index contributed by atoms with van der Waals surface area (Å²) in [5.41, 5.74) is 2.53. The number of aromatic nitrogens is 1. The number of hydrogen-bond acceptors (Lipinski definition) is 6. The number of likely N-dealkylation sites (tertiary alicyclic amines) is 1. The van der Waals surface area contributed by atoms with Crippen molar-refractivity contribution >= 4 is 17.4 Å². The van der Waals surface area contributed by atoms with Gasteiger partial charge in [-0.1, -0.05) is 29.8 Å². The highest BCUT2D eigenvalue weighted by atomic mass is 16.5. The Morgan fingerprint density at radius 2 is 1.79 bits per heavy atom. The Hall–Kier alpha value is -4.13. The lowest BCUT2D eigenvalue weighted by atomic mass is 9.94. The zero-order valence-corrected chi connectivity index (χ0v) is 18.6. The highest BCUT2D eigenvalue weighted by Gasteiger charge is 2.46. The number of carbonyl (C=O) groups is 2. The quantitative estimate of drug-likeness (QED) is 0.351. The van der Waals surface area contributed by atoms with Crippen molar-refractivity contribution in [3.63, 3.8) is 0 Å². The SMILES string of the molecule is COc1ccc(C2/C(=C(\O)c3cc(C)ccc3OC)C(=O)C(=O)N2Cc2ccccn2)cc1. The Labute approximate surface area is 191 Å². The molecule has 168 valence electrons. The molecule has 1 fully saturated rings. The standard InChI is InChI=1S/C26H24N2O5/c1-16-7-12-21(33-3)20(14-16)24(29)22-23(17-8-10-19(32-2)11-9-17)28(26(31)25(22)30)15-18-6-4-5-13-27-18/h4-14,23,29H,15H2,1-3H3/b24-22+. The largest absolute Gasteiger partial charge is 0.507 e. The van der Waals surface area contributed by atoms with Crippen molar-refractivity contribution in [2.24, 2.45) is 0 Å². The second-order valence-electron chi connectivity index (χ2n) is 7.72. The molecule has 2 aromatic carbocycles. The molecule has 1 amide bonds. The van der Waals surface area contributed by atoms with Gasteiger partial charge in [-0.25, -0.2) is 0 Å². The molecule has 2 heterocycles. The van der Waals surface area contributed by atoms with E-state index in [4.69, 9.17) is 9.47 Å². The molecule has 0 bridgehead atoms. The van der Waals surface area contributed by atoms with Crippen LogP contribution in [0.4, 0.5) is 0 Å². The molecular formula is C26H24N2O5. The van der Waals surface area contributed by atoms with E-state index < -0.39 is 17.7 Å². The van der Waals surface area contributed by atoms with Crippen LogP contribution in [0.1, 0.15) is 28.4 Å². The number of nitrogens with zero attached hydrogens (tertiary/aromatic N) is 2. The Balaban J connectivity index is 1.90. The molecule has 7 nitrogen and oxygen atoms in total. The fraction of sp³-hybridized carbons (Fsp3) is 0.192. The summed E-state index contributed by atoms with van der Waals surface area (Å²) in [6.45, 7) is 1.99. The van der Waals surface area contributed by atoms with E-state index in [-0.39, 0.29) is 17.9 Å². The second kappa shape index (κ2) is 9.16. The number of rotatable bonds is 6. The summed E-state index contributed by atoms with van der Waals surface area (Å²) in [5.74, 6) is -0.691. The Morgan fingerprint density at radius 3 is 2.42 bits per heavy atom. The molecule has 1 aromatic heterocycles. The third-order valence-corrected chi connectivity index (χ3v) is 5.64. The van der Waals surface area contributed by atoms with Gasteiger partial charge in [0.15, 0.2) is 0 Å². The minimum atomic E-state index is -0.803. The number of hydrogen-bond donors (Lipinski definition) is 1. The number of benzene rings is 2. The van der Waals surface area contributed by atoms with Crippen LogP contribution in [-0.2, 0) is 16.1 Å². The lowest BCUT2D eigenvalue weighted by Crippen LogP contribution is -2.29. The zero-order valence-electron chi connectivity index (χ0n) is 18.6. The highest BCUT2D eigenvalue weighted by molar-refractivity contribution is 6.46. The number of carbonyl (C=O) groups excluding carboxylic acids is 2. The third kappa shape index (κ3) is 4.17. The van der Waals surface area contributed by atoms with Crippen molar-refractivity contribution in [3.8, 4) is 11.5 Å². The van der Waals surface area contributed by atoms with Crippen molar-refractivity contribution in [1.82, 2.24) is 9.88 Å². The summed E-state index contributed by atoms with van der Waals surface area (Å²) in [6.07, 6.45) is 1.63. The molecule has 7 heteroatoms. The van der Waals surface area contributed by atoms with Crippen LogP contribution in [-0.4, -0.2) is 40.9 Å². The van der Waals surface area contributed by atoms with E-state index in [2.05, 4.69) is 4.98 Å². The number of pyridine rings is 1. The van der Waals surface area contributed by atoms with Gasteiger partial charge < -0.3 is 19.5 Å². The van der Waals surface area contributed by atoms with E-state index in [0.717, 1.165) is 5.56 Å². The zero-order chi connectivity index (χ0) is 23.5. The maximum Gasteiger partial charge on any atom is 0.296 e. The summed E-state index contributed by atoms with van der Waals surface area (Å²) in [4.78, 5) is 32.1. The smallest absolute Gasteiger partial charge is 0.296 e. The first-order chi connectivity index (χ1) is 15.9. The molecule has 0 saturated carbocycles. The van der Waals surface area contributed by atoms with E-state index in [1.807, 2.05) is 19.1 Å². The van der Waals surface area contributed by atoms with Gasteiger partial charge in [-0.05, 0) is 48.9 Å². The molecular weight excluding hydrogens is 420 g/mol. The second-order valence-corrected chi connectivity index (χ2v) is 7.72. The maximum absolute atomic E-state index is 13.2. The summed E-state index contributed by atoms with van der Waals surface area (Å²) < 4.78 is 10.7. The van der Waals surface area contributed by atoms with Crippen LogP contribution in [0, 0.1) is 6.92 Å². The van der Waals surface area contributed by atoms with E-state index >= 15 is 0 Å². The minimum Gasteiger partial charge on any atom is -0.507 e. The van der Waals surface area contributed by atoms with Crippen molar-refractivity contribution in [1.29, 1.82) is 0 Å². The molecule has 1 unspecified atom stereocenters. The van der Waals surface area contributed by atoms with Gasteiger partial charge in [0, 0.05) is 6.20 Å². The maximum atomic E-state index is 13.2. The first kappa shape index (κ1) is 22.1. The first-order valence-corrected chi connectivity index (χ1v) is 10.4. The van der Waals surface area contributed by atoms with E-state index in [1.54, 1.807) is 61.8 Å². The van der Waals surface area contributed by atoms with Crippen LogP contribution in [0.3, 0.4) is 0 Å². The lowest BCUT2D eigenvalue weighted by molar-refractivity contribution is -0.140. The van der Waals surface area contributed by atoms with Gasteiger partial charge in [0.05, 0.1) is 43.6 Å². The van der Waals surface area contributed by atoms with Gasteiger partial charge in [-0.15, -0.1) is 0 Å². The van der Waals surface area contributed by atoms with Crippen LogP contribution >= 0.6 is 0 Å². The molecule has 1 aliphatic heterocycles. The lowest BCUT2D eigenvalue weighted by Gasteiger charge is -2.25. The van der Waals surface area contributed by atoms with Crippen LogP contribution in [0.2, 0.25) is 0 Å². The number of ether oxygens (including phenoxy) is 2. The molecule has 4 rings (SSSR count). The minimum absolute atomic E-state index is 0.00463. The van der Waals surface area contributed by atoms with Crippen molar-refractivity contribution in [2.75, 3.05) is 14.2 Å². The summed E-state index contributed by atoms with van der Waals surface area (Å²) in [5, 5.41) is 11.3. The average molecular weight is 444 g/mol. The van der Waals surface area contributed by atoms with Crippen LogP contribution in [0.15, 0.2) is 72.4 Å². The van der Waals surface area contributed by atoms with Crippen LogP contribution < -0.4 is 9.47 Å². The molecule has 1 atom stereocenters. The Kier molecular flexibility index (Phi) is 6.13. The third-order valence-electron chi connectivity index (χ3n) is 5.64. The van der Waals surface area contributed by atoms with E-state index in [0.29, 0.717) is 28.3 Å². The molecule has 0 aliphatic carbocycles. The first-order valence-electron chi connectivity index (χ1n) is 10.4. The average Bonchev–Trinajstić information content (AvgIpc) is 3.09. The molecule has 0 spiro atoms. The molecule has 1 aliphatic rings. The van der Waals surface area contributed by atoms with E-state index in [9.17, 15) is 14.7 Å². The number of methoxy groups -OCH3 is 2. The Bertz CT molecular complexity index is 1220. The summed E-state index contributed by atoms with van der Waals surface area (Å²) in [6, 6.07) is 16.9. The normalized spacial score (nSPS) is 17.3. The number of aryl methyl sites for hydroxylation is 1. The van der Waals surface area contributed by atoms with Gasteiger partial charge in [0.2, 0.25) is 0 Å². The molecule has 1 N–H and O–H groups in total.